The number of nitrogens with zero attached hydrogens (tertiary/aromatic N) is 3. The minimum absolute atomic E-state index is 0.674. The molecule has 0 aromatic heterocycles. The molecule has 104 valence electrons. The molecule has 0 saturated carbocycles. The van der Waals surface area contributed by atoms with Gasteiger partial charge in [0.05, 0.1) is 17.8 Å². The fraction of sp³-hybridized carbons (Fsp3) is 0.125. The van der Waals surface area contributed by atoms with Crippen LogP contribution in [0.25, 0.3) is 27.3 Å². The van der Waals surface area contributed by atoms with Crippen LogP contribution in [-0.4, -0.2) is 20.8 Å². The van der Waals surface area contributed by atoms with E-state index >= 15 is 0 Å². The van der Waals surface area contributed by atoms with E-state index in [2.05, 4.69) is 16.1 Å². The van der Waals surface area contributed by atoms with E-state index in [0.717, 1.165) is 33.0 Å². The Morgan fingerprint density at radius 2 is 1.90 bits per heavy atom. The molecule has 0 amide bonds. The van der Waals surface area contributed by atoms with Crippen LogP contribution in [0.1, 0.15) is 6.92 Å². The Morgan fingerprint density at radius 3 is 2.71 bits per heavy atom. The Balaban J connectivity index is 1.78. The monoisotopic (exact) mass is 295 g/mol. The van der Waals surface area contributed by atoms with Gasteiger partial charge in [-0.25, -0.2) is 4.98 Å². The molecule has 0 bridgehead atoms. The number of benzene rings is 2. The lowest BCUT2D eigenvalue weighted by atomic mass is 10.2. The molecule has 2 aromatic rings. The Labute approximate surface area is 126 Å². The lowest BCUT2D eigenvalue weighted by molar-refractivity contribution is 0.340. The predicted octanol–water partition coefficient (Wildman–Crippen LogP) is 3.99. The highest BCUT2D eigenvalue weighted by atomic mass is 32.1. The van der Waals surface area contributed by atoms with Crippen molar-refractivity contribution in [1.82, 2.24) is 14.2 Å². The summed E-state index contributed by atoms with van der Waals surface area (Å²) in [6, 6.07) is 16.0. The molecule has 0 unspecified atom stereocenters. The van der Waals surface area contributed by atoms with Crippen molar-refractivity contribution in [2.45, 2.75) is 6.92 Å². The average Bonchev–Trinajstić information content (AvgIpc) is 3.06. The van der Waals surface area contributed by atoms with Crippen molar-refractivity contribution in [2.24, 2.45) is 0 Å². The molecule has 21 heavy (non-hydrogen) atoms. The molecule has 0 aliphatic carbocycles. The van der Waals surface area contributed by atoms with E-state index in [1.54, 1.807) is 11.5 Å². The van der Waals surface area contributed by atoms with E-state index in [9.17, 15) is 0 Å². The summed E-state index contributed by atoms with van der Waals surface area (Å²) in [6.07, 6.45) is 0. The van der Waals surface area contributed by atoms with Crippen molar-refractivity contribution < 1.29 is 4.74 Å². The molecule has 0 spiro atoms. The largest absolute Gasteiger partial charge is 0.494 e. The second kappa shape index (κ2) is 4.86. The maximum Gasteiger partial charge on any atom is 0.163 e. The second-order valence-corrected chi connectivity index (χ2v) is 5.59. The fourth-order valence-corrected chi connectivity index (χ4v) is 3.24. The molecular formula is C16H13N3OS. The lowest BCUT2D eigenvalue weighted by Crippen LogP contribution is -1.94. The van der Waals surface area contributed by atoms with Crippen LogP contribution in [0, 0.1) is 0 Å². The minimum Gasteiger partial charge on any atom is -0.494 e. The lowest BCUT2D eigenvalue weighted by Gasteiger charge is -2.03. The third kappa shape index (κ3) is 2.06. The molecular weight excluding hydrogens is 282 g/mol. The fourth-order valence-electron chi connectivity index (χ4n) is 2.35. The third-order valence-electron chi connectivity index (χ3n) is 3.32. The molecule has 2 aromatic carbocycles. The van der Waals surface area contributed by atoms with E-state index in [4.69, 9.17) is 4.74 Å². The molecule has 0 atom stereocenters. The second-order valence-electron chi connectivity index (χ2n) is 4.67. The van der Waals surface area contributed by atoms with Gasteiger partial charge in [-0.2, -0.15) is 9.17 Å². The normalized spacial score (nSPS) is 11.3. The summed E-state index contributed by atoms with van der Waals surface area (Å²) in [7, 11) is 0. The van der Waals surface area contributed by atoms with Crippen molar-refractivity contribution in [2.75, 3.05) is 6.61 Å². The Morgan fingerprint density at radius 1 is 1.10 bits per heavy atom. The summed E-state index contributed by atoms with van der Waals surface area (Å²) >= 11 is 1.55. The van der Waals surface area contributed by atoms with Crippen LogP contribution in [0.5, 0.6) is 5.75 Å². The maximum absolute atomic E-state index is 5.46. The van der Waals surface area contributed by atoms with Gasteiger partial charge in [0.2, 0.25) is 0 Å². The van der Waals surface area contributed by atoms with Crippen molar-refractivity contribution >= 4 is 22.4 Å². The number of hydrogen-bond acceptors (Lipinski definition) is 4. The molecule has 0 saturated heterocycles. The van der Waals surface area contributed by atoms with Crippen LogP contribution in [-0.2, 0) is 0 Å². The first kappa shape index (κ1) is 12.3. The summed E-state index contributed by atoms with van der Waals surface area (Å²) < 4.78 is 7.36. The Hall–Kier alpha value is -2.40. The van der Waals surface area contributed by atoms with Crippen molar-refractivity contribution in [3.8, 4) is 22.1 Å². The van der Waals surface area contributed by atoms with E-state index < -0.39 is 0 Å². The van der Waals surface area contributed by atoms with E-state index in [1.165, 1.54) is 0 Å². The average molecular weight is 295 g/mol. The van der Waals surface area contributed by atoms with Crippen LogP contribution >= 0.6 is 11.5 Å². The molecule has 5 heteroatoms. The van der Waals surface area contributed by atoms with E-state index in [0.29, 0.717) is 6.61 Å². The van der Waals surface area contributed by atoms with E-state index in [1.807, 2.05) is 53.5 Å². The number of para-hydroxylation sites is 1. The van der Waals surface area contributed by atoms with Crippen LogP contribution in [0.2, 0.25) is 0 Å². The number of rotatable bonds is 3. The summed E-state index contributed by atoms with van der Waals surface area (Å²) in [5.74, 6) is 0.876. The van der Waals surface area contributed by atoms with Gasteiger partial charge in [0, 0.05) is 5.39 Å². The van der Waals surface area contributed by atoms with Crippen LogP contribution < -0.4 is 4.74 Å². The molecule has 0 radical (unpaired) electrons. The van der Waals surface area contributed by atoms with Crippen molar-refractivity contribution in [1.29, 1.82) is 0 Å². The Bertz CT molecular complexity index is 863. The molecule has 2 aliphatic rings. The number of hydrogen-bond donors (Lipinski definition) is 0. The van der Waals surface area contributed by atoms with Crippen molar-refractivity contribution in [3.63, 3.8) is 0 Å². The van der Waals surface area contributed by atoms with Crippen LogP contribution in [0.4, 0.5) is 0 Å². The van der Waals surface area contributed by atoms with Crippen LogP contribution in [0.15, 0.2) is 48.5 Å². The molecule has 0 N–H and O–H groups in total. The molecule has 2 heterocycles. The highest BCUT2D eigenvalue weighted by molar-refractivity contribution is 7.10. The Kier molecular flexibility index (Phi) is 2.86. The van der Waals surface area contributed by atoms with Gasteiger partial charge in [0.15, 0.2) is 5.01 Å². The molecule has 0 fully saturated rings. The first-order valence-corrected chi connectivity index (χ1v) is 7.60. The highest BCUT2D eigenvalue weighted by Crippen LogP contribution is 2.33. The molecule has 4 rings (SSSR count). The quantitative estimate of drug-likeness (QED) is 0.574. The number of aromatic nitrogens is 3. The van der Waals surface area contributed by atoms with Gasteiger partial charge >= 0.3 is 0 Å². The minimum atomic E-state index is 0.674. The topological polar surface area (TPSA) is 39.9 Å². The zero-order valence-electron chi connectivity index (χ0n) is 11.5. The van der Waals surface area contributed by atoms with Crippen molar-refractivity contribution in [3.05, 3.63) is 48.5 Å². The number of fused-ring (bicyclic) bond motifs is 3. The number of ether oxygens (including phenoxy) is 1. The zero-order valence-corrected chi connectivity index (χ0v) is 12.3. The van der Waals surface area contributed by atoms with Gasteiger partial charge < -0.3 is 4.74 Å². The molecule has 2 aliphatic heterocycles. The van der Waals surface area contributed by atoms with E-state index in [-0.39, 0.29) is 0 Å². The summed E-state index contributed by atoms with van der Waals surface area (Å²) in [6.45, 7) is 2.65. The first-order valence-electron chi connectivity index (χ1n) is 6.83. The summed E-state index contributed by atoms with van der Waals surface area (Å²) in [5.41, 5.74) is 2.99. The highest BCUT2D eigenvalue weighted by Gasteiger charge is 2.17. The first-order chi connectivity index (χ1) is 10.3. The molecule has 4 nitrogen and oxygen atoms in total. The van der Waals surface area contributed by atoms with Gasteiger partial charge in [-0.1, -0.05) is 18.2 Å². The van der Waals surface area contributed by atoms with Gasteiger partial charge in [0.25, 0.3) is 0 Å². The maximum atomic E-state index is 5.46. The third-order valence-corrected chi connectivity index (χ3v) is 4.24. The zero-order chi connectivity index (χ0) is 14.2. The summed E-state index contributed by atoms with van der Waals surface area (Å²) in [4.78, 5) is 4.62. The van der Waals surface area contributed by atoms with Gasteiger partial charge in [-0.15, -0.1) is 0 Å². The van der Waals surface area contributed by atoms with Crippen LogP contribution in [0.3, 0.4) is 0 Å². The smallest absolute Gasteiger partial charge is 0.163 e. The standard InChI is InChI=1S/C16H13N3OS/c1-2-20-12-9-7-11(8-10-12)19-18-15-13-5-3-4-6-14(13)17-16(15)21-19/h3-10H,2H2,1H3. The van der Waals surface area contributed by atoms with Gasteiger partial charge in [-0.05, 0) is 48.8 Å². The SMILES string of the molecule is CCOc1ccc(-n2nc3c4ccccc4nc-3s2)cc1. The summed E-state index contributed by atoms with van der Waals surface area (Å²) in [5, 5.41) is 6.75. The van der Waals surface area contributed by atoms with Gasteiger partial charge in [-0.3, -0.25) is 0 Å². The van der Waals surface area contributed by atoms with Gasteiger partial charge in [0.1, 0.15) is 11.4 Å². The predicted molar refractivity (Wildman–Crippen MR) is 84.5 cm³/mol.